The van der Waals surface area contributed by atoms with Crippen LogP contribution in [0.5, 0.6) is 5.75 Å². The summed E-state index contributed by atoms with van der Waals surface area (Å²) in [4.78, 5) is 20.0. The number of phenolic OH excluding ortho intramolecular Hbond substituents is 1. The van der Waals surface area contributed by atoms with Crippen molar-refractivity contribution >= 4 is 11.7 Å². The Bertz CT molecular complexity index is 430. The van der Waals surface area contributed by atoms with E-state index in [0.29, 0.717) is 0 Å². The van der Waals surface area contributed by atoms with E-state index in [1.807, 2.05) is 0 Å². The number of aliphatic carboxylic acids is 1. The molecule has 0 heterocycles. The van der Waals surface area contributed by atoms with Crippen molar-refractivity contribution in [1.29, 1.82) is 0 Å². The van der Waals surface area contributed by atoms with Gasteiger partial charge in [-0.25, -0.2) is 0 Å². The van der Waals surface area contributed by atoms with Gasteiger partial charge in [-0.3, -0.25) is 14.9 Å². The van der Waals surface area contributed by atoms with Gasteiger partial charge in [-0.05, 0) is 11.6 Å². The van der Waals surface area contributed by atoms with Crippen molar-refractivity contribution in [3.05, 3.63) is 33.9 Å². The Morgan fingerprint density at radius 1 is 1.50 bits per heavy atom. The number of nitrogens with zero attached hydrogens (tertiary/aromatic N) is 1. The molecule has 0 radical (unpaired) electrons. The van der Waals surface area contributed by atoms with Crippen molar-refractivity contribution in [3.63, 3.8) is 0 Å². The van der Waals surface area contributed by atoms with E-state index in [1.165, 1.54) is 6.07 Å². The SMILES string of the molecule is O=C(O)C[C@H](O)c1ccc(O)c([N+](=O)[O-])c1. The molecule has 0 fully saturated rings. The number of benzene rings is 1. The lowest BCUT2D eigenvalue weighted by molar-refractivity contribution is -0.386. The van der Waals surface area contributed by atoms with Crippen LogP contribution in [0.4, 0.5) is 5.69 Å². The molecule has 1 rings (SSSR count). The van der Waals surface area contributed by atoms with Crippen LogP contribution in [0.1, 0.15) is 18.1 Å². The minimum Gasteiger partial charge on any atom is -0.502 e. The monoisotopic (exact) mass is 227 g/mol. The molecule has 0 saturated heterocycles. The molecular weight excluding hydrogens is 218 g/mol. The third-order valence-corrected chi connectivity index (χ3v) is 1.95. The number of rotatable bonds is 4. The first-order valence-electron chi connectivity index (χ1n) is 4.29. The van der Waals surface area contributed by atoms with Crippen LogP contribution in [0.2, 0.25) is 0 Å². The molecule has 7 nitrogen and oxygen atoms in total. The number of nitro benzene ring substituents is 1. The van der Waals surface area contributed by atoms with E-state index in [2.05, 4.69) is 0 Å². The van der Waals surface area contributed by atoms with Gasteiger partial charge in [0.1, 0.15) is 0 Å². The Morgan fingerprint density at radius 3 is 2.62 bits per heavy atom. The standard InChI is InChI=1S/C9H9NO6/c11-7-2-1-5(3-6(7)10(15)16)8(12)4-9(13)14/h1-3,8,11-12H,4H2,(H,13,14)/t8-/m0/s1. The molecule has 0 spiro atoms. The fraction of sp³-hybridized carbons (Fsp3) is 0.222. The molecule has 7 heteroatoms. The Labute approximate surface area is 89.7 Å². The second-order valence-electron chi connectivity index (χ2n) is 3.12. The molecule has 0 aliphatic rings. The first-order chi connectivity index (χ1) is 7.41. The van der Waals surface area contributed by atoms with Gasteiger partial charge in [-0.15, -0.1) is 0 Å². The highest BCUT2D eigenvalue weighted by molar-refractivity contribution is 5.67. The van der Waals surface area contributed by atoms with E-state index in [0.717, 1.165) is 12.1 Å². The number of carbonyl (C=O) groups is 1. The molecule has 1 aromatic carbocycles. The molecular formula is C9H9NO6. The van der Waals surface area contributed by atoms with Gasteiger partial charge in [0.2, 0.25) is 0 Å². The van der Waals surface area contributed by atoms with Gasteiger partial charge in [0.05, 0.1) is 17.4 Å². The normalized spacial score (nSPS) is 12.1. The van der Waals surface area contributed by atoms with E-state index in [1.54, 1.807) is 0 Å². The molecule has 1 aromatic rings. The van der Waals surface area contributed by atoms with E-state index in [4.69, 9.17) is 10.2 Å². The number of aliphatic hydroxyl groups is 1. The quantitative estimate of drug-likeness (QED) is 0.516. The molecule has 1 atom stereocenters. The lowest BCUT2D eigenvalue weighted by Crippen LogP contribution is -2.05. The fourth-order valence-corrected chi connectivity index (χ4v) is 1.18. The molecule has 3 N–H and O–H groups in total. The van der Waals surface area contributed by atoms with Crippen LogP contribution in [-0.2, 0) is 4.79 Å². The molecule has 16 heavy (non-hydrogen) atoms. The second-order valence-corrected chi connectivity index (χ2v) is 3.12. The van der Waals surface area contributed by atoms with Crippen LogP contribution < -0.4 is 0 Å². The number of carboxylic acids is 1. The summed E-state index contributed by atoms with van der Waals surface area (Å²) in [6.45, 7) is 0. The van der Waals surface area contributed by atoms with Crippen molar-refractivity contribution in [2.45, 2.75) is 12.5 Å². The van der Waals surface area contributed by atoms with E-state index in [9.17, 15) is 20.0 Å². The van der Waals surface area contributed by atoms with Crippen molar-refractivity contribution in [3.8, 4) is 5.75 Å². The number of hydrogen-bond donors (Lipinski definition) is 3. The van der Waals surface area contributed by atoms with E-state index in [-0.39, 0.29) is 5.56 Å². The summed E-state index contributed by atoms with van der Waals surface area (Å²) in [6.07, 6.45) is -1.89. The molecule has 0 amide bonds. The topological polar surface area (TPSA) is 121 Å². The molecule has 0 aromatic heterocycles. The minimum atomic E-state index is -1.34. The van der Waals surface area contributed by atoms with Crippen LogP contribution in [0, 0.1) is 10.1 Å². The Kier molecular flexibility index (Phi) is 3.41. The molecule has 0 unspecified atom stereocenters. The van der Waals surface area contributed by atoms with E-state index >= 15 is 0 Å². The number of carboxylic acid groups (broad SMARTS) is 1. The largest absolute Gasteiger partial charge is 0.502 e. The molecule has 0 saturated carbocycles. The van der Waals surface area contributed by atoms with Crippen LogP contribution >= 0.6 is 0 Å². The van der Waals surface area contributed by atoms with Crippen LogP contribution in [0.15, 0.2) is 18.2 Å². The first kappa shape index (κ1) is 11.9. The summed E-state index contributed by atoms with van der Waals surface area (Å²) >= 11 is 0. The summed E-state index contributed by atoms with van der Waals surface area (Å²) in [5.74, 6) is -1.75. The molecule has 86 valence electrons. The molecule has 0 aliphatic carbocycles. The number of phenols is 1. The zero-order chi connectivity index (χ0) is 12.3. The zero-order valence-corrected chi connectivity index (χ0v) is 8.03. The van der Waals surface area contributed by atoms with Gasteiger partial charge in [0, 0.05) is 6.07 Å². The first-order valence-corrected chi connectivity index (χ1v) is 4.29. The Hall–Kier alpha value is -2.15. The fourth-order valence-electron chi connectivity index (χ4n) is 1.18. The minimum absolute atomic E-state index is 0.0758. The average Bonchev–Trinajstić information content (AvgIpc) is 2.16. The van der Waals surface area contributed by atoms with Crippen molar-refractivity contribution in [1.82, 2.24) is 0 Å². The van der Waals surface area contributed by atoms with Gasteiger partial charge in [0.15, 0.2) is 5.75 Å². The lowest BCUT2D eigenvalue weighted by Gasteiger charge is -2.08. The average molecular weight is 227 g/mol. The lowest BCUT2D eigenvalue weighted by atomic mass is 10.1. The Balaban J connectivity index is 3.02. The number of hydrogen-bond acceptors (Lipinski definition) is 5. The summed E-state index contributed by atoms with van der Waals surface area (Å²) in [5, 5.41) is 37.4. The third kappa shape index (κ3) is 2.67. The maximum absolute atomic E-state index is 10.5. The van der Waals surface area contributed by atoms with Gasteiger partial charge in [0.25, 0.3) is 0 Å². The highest BCUT2D eigenvalue weighted by Gasteiger charge is 2.18. The predicted molar refractivity (Wildman–Crippen MR) is 52.0 cm³/mol. The number of aromatic hydroxyl groups is 1. The summed E-state index contributed by atoms with van der Waals surface area (Å²) in [6, 6.07) is 3.22. The summed E-state index contributed by atoms with van der Waals surface area (Å²) in [5.41, 5.74) is -0.492. The maximum Gasteiger partial charge on any atom is 0.311 e. The van der Waals surface area contributed by atoms with Gasteiger partial charge >= 0.3 is 11.7 Å². The number of nitro groups is 1. The summed E-state index contributed by atoms with van der Waals surface area (Å²) in [7, 11) is 0. The third-order valence-electron chi connectivity index (χ3n) is 1.95. The highest BCUT2D eigenvalue weighted by atomic mass is 16.6. The zero-order valence-electron chi connectivity index (χ0n) is 8.03. The molecule has 0 bridgehead atoms. The van der Waals surface area contributed by atoms with Crippen LogP contribution in [0.3, 0.4) is 0 Å². The second kappa shape index (κ2) is 4.58. The van der Waals surface area contributed by atoms with Gasteiger partial charge < -0.3 is 15.3 Å². The Morgan fingerprint density at radius 2 is 2.12 bits per heavy atom. The van der Waals surface area contributed by atoms with Gasteiger partial charge in [-0.2, -0.15) is 0 Å². The van der Waals surface area contributed by atoms with E-state index < -0.39 is 34.9 Å². The van der Waals surface area contributed by atoms with Crippen molar-refractivity contribution < 1.29 is 25.0 Å². The van der Waals surface area contributed by atoms with Crippen molar-refractivity contribution in [2.24, 2.45) is 0 Å². The highest BCUT2D eigenvalue weighted by Crippen LogP contribution is 2.29. The predicted octanol–water partition coefficient (Wildman–Crippen LogP) is 0.808. The van der Waals surface area contributed by atoms with Crippen molar-refractivity contribution in [2.75, 3.05) is 0 Å². The smallest absolute Gasteiger partial charge is 0.311 e. The van der Waals surface area contributed by atoms with Crippen LogP contribution in [0.25, 0.3) is 0 Å². The number of aliphatic hydroxyl groups excluding tert-OH is 1. The summed E-state index contributed by atoms with van der Waals surface area (Å²) < 4.78 is 0. The van der Waals surface area contributed by atoms with Gasteiger partial charge in [-0.1, -0.05) is 6.07 Å². The van der Waals surface area contributed by atoms with Crippen LogP contribution in [-0.4, -0.2) is 26.2 Å². The molecule has 0 aliphatic heterocycles. The maximum atomic E-state index is 10.5.